The quantitative estimate of drug-likeness (QED) is 0.690. The number of fused-ring (bicyclic) bond motifs is 1. The predicted octanol–water partition coefficient (Wildman–Crippen LogP) is 4.24. The Labute approximate surface area is 183 Å². The Morgan fingerprint density at radius 2 is 1.90 bits per heavy atom. The summed E-state index contributed by atoms with van der Waals surface area (Å²) in [7, 11) is 0. The molecule has 0 radical (unpaired) electrons. The minimum absolute atomic E-state index is 0.224. The smallest absolute Gasteiger partial charge is 0.229 e. The van der Waals surface area contributed by atoms with E-state index in [-0.39, 0.29) is 5.41 Å². The summed E-state index contributed by atoms with van der Waals surface area (Å²) in [6, 6.07) is 10.4. The largest absolute Gasteiger partial charge is 0.361 e. The van der Waals surface area contributed by atoms with E-state index in [9.17, 15) is 4.79 Å². The van der Waals surface area contributed by atoms with Gasteiger partial charge in [0.25, 0.3) is 0 Å². The molecule has 6 heteroatoms. The zero-order valence-corrected chi connectivity index (χ0v) is 18.5. The van der Waals surface area contributed by atoms with Crippen molar-refractivity contribution in [3.8, 4) is 0 Å². The van der Waals surface area contributed by atoms with E-state index in [0.717, 1.165) is 74.6 Å². The molecule has 31 heavy (non-hydrogen) atoms. The number of nitrogens with zero attached hydrogens (tertiary/aromatic N) is 4. The average molecular weight is 418 g/mol. The van der Waals surface area contributed by atoms with Gasteiger partial charge >= 0.3 is 0 Å². The Kier molecular flexibility index (Phi) is 5.16. The van der Waals surface area contributed by atoms with Crippen molar-refractivity contribution in [3.05, 3.63) is 53.5 Å². The lowest BCUT2D eigenvalue weighted by Crippen LogP contribution is -2.53. The number of carbonyl (C=O) groups is 1. The molecule has 2 aliphatic rings. The van der Waals surface area contributed by atoms with E-state index in [4.69, 9.17) is 4.98 Å². The van der Waals surface area contributed by atoms with Crippen LogP contribution in [0.4, 0.5) is 5.95 Å². The summed E-state index contributed by atoms with van der Waals surface area (Å²) in [6.07, 6.45) is 6.82. The average Bonchev–Trinajstić information content (AvgIpc) is 3.20. The van der Waals surface area contributed by atoms with Crippen LogP contribution in [0.1, 0.15) is 49.6 Å². The van der Waals surface area contributed by atoms with E-state index in [2.05, 4.69) is 57.2 Å². The maximum absolute atomic E-state index is 13.6. The molecule has 1 amide bonds. The molecule has 2 fully saturated rings. The molecular weight excluding hydrogens is 386 g/mol. The number of aryl methyl sites for hydroxylation is 2. The number of nitrogens with one attached hydrogen (secondary N) is 1. The van der Waals surface area contributed by atoms with E-state index in [1.165, 1.54) is 10.9 Å². The summed E-state index contributed by atoms with van der Waals surface area (Å²) >= 11 is 0. The molecule has 2 saturated heterocycles. The van der Waals surface area contributed by atoms with Crippen molar-refractivity contribution < 1.29 is 4.79 Å². The molecule has 162 valence electrons. The first-order valence-electron chi connectivity index (χ1n) is 11.5. The first-order chi connectivity index (χ1) is 15.1. The Morgan fingerprint density at radius 1 is 1.10 bits per heavy atom. The highest BCUT2D eigenvalue weighted by Crippen LogP contribution is 2.42. The molecule has 1 N–H and O–H groups in total. The number of benzene rings is 1. The molecule has 0 unspecified atom stereocenters. The zero-order chi connectivity index (χ0) is 21.4. The van der Waals surface area contributed by atoms with E-state index in [1.54, 1.807) is 0 Å². The fourth-order valence-electron chi connectivity index (χ4n) is 5.31. The van der Waals surface area contributed by atoms with Crippen molar-refractivity contribution >= 4 is 22.8 Å². The summed E-state index contributed by atoms with van der Waals surface area (Å²) in [5.74, 6) is 1.16. The van der Waals surface area contributed by atoms with Gasteiger partial charge in [0.15, 0.2) is 0 Å². The topological polar surface area (TPSA) is 65.1 Å². The lowest BCUT2D eigenvalue weighted by molar-refractivity contribution is -0.148. The van der Waals surface area contributed by atoms with Crippen LogP contribution in [0.25, 0.3) is 10.9 Å². The van der Waals surface area contributed by atoms with Gasteiger partial charge in [-0.15, -0.1) is 0 Å². The number of aromatic nitrogens is 3. The van der Waals surface area contributed by atoms with Crippen LogP contribution in [0.15, 0.2) is 36.5 Å². The van der Waals surface area contributed by atoms with Crippen LogP contribution in [0, 0.1) is 12.3 Å². The number of amides is 1. The highest BCUT2D eigenvalue weighted by Gasteiger charge is 2.46. The van der Waals surface area contributed by atoms with Crippen LogP contribution in [-0.2, 0) is 17.8 Å². The monoisotopic (exact) mass is 417 g/mol. The zero-order valence-electron chi connectivity index (χ0n) is 18.5. The van der Waals surface area contributed by atoms with Gasteiger partial charge in [0.1, 0.15) is 0 Å². The lowest BCUT2D eigenvalue weighted by atomic mass is 9.71. The number of likely N-dealkylation sites (tertiary alicyclic amines) is 1. The number of aromatic amines is 1. The van der Waals surface area contributed by atoms with Crippen LogP contribution in [0.3, 0.4) is 0 Å². The summed E-state index contributed by atoms with van der Waals surface area (Å²) in [4.78, 5) is 30.7. The second-order valence-electron chi connectivity index (χ2n) is 9.11. The van der Waals surface area contributed by atoms with Gasteiger partial charge in [-0.25, -0.2) is 9.97 Å². The number of rotatable bonds is 4. The van der Waals surface area contributed by atoms with Crippen LogP contribution >= 0.6 is 0 Å². The highest BCUT2D eigenvalue weighted by molar-refractivity contribution is 5.86. The second kappa shape index (κ2) is 7.98. The maximum Gasteiger partial charge on any atom is 0.229 e. The van der Waals surface area contributed by atoms with E-state index < -0.39 is 0 Å². The number of anilines is 1. The second-order valence-corrected chi connectivity index (χ2v) is 9.11. The molecule has 5 rings (SSSR count). The molecule has 0 bridgehead atoms. The number of hydrogen-bond donors (Lipinski definition) is 1. The molecular formula is C25H31N5O. The van der Waals surface area contributed by atoms with Crippen LogP contribution < -0.4 is 4.90 Å². The van der Waals surface area contributed by atoms with Crippen molar-refractivity contribution in [2.45, 2.75) is 52.5 Å². The van der Waals surface area contributed by atoms with Gasteiger partial charge in [-0.05, 0) is 56.7 Å². The molecule has 4 heterocycles. The van der Waals surface area contributed by atoms with Crippen molar-refractivity contribution in [1.29, 1.82) is 0 Å². The minimum atomic E-state index is -0.224. The Hall–Kier alpha value is -2.89. The third-order valence-electron chi connectivity index (χ3n) is 7.12. The van der Waals surface area contributed by atoms with E-state index in [1.807, 2.05) is 13.0 Å². The third kappa shape index (κ3) is 3.68. The van der Waals surface area contributed by atoms with Crippen molar-refractivity contribution in [2.75, 3.05) is 24.5 Å². The fraction of sp³-hybridized carbons (Fsp3) is 0.480. The number of piperidine rings is 2. The predicted molar refractivity (Wildman–Crippen MR) is 123 cm³/mol. The maximum atomic E-state index is 13.6. The van der Waals surface area contributed by atoms with Crippen LogP contribution in [-0.4, -0.2) is 45.4 Å². The Morgan fingerprint density at radius 3 is 2.71 bits per heavy atom. The van der Waals surface area contributed by atoms with Gasteiger partial charge < -0.3 is 14.8 Å². The normalized spacial score (nSPS) is 18.8. The SMILES string of the molecule is CCc1cc(C)nc(N2CCC3(CCCN(Cc4c[nH]c5ccccc45)C3=O)CC2)n1. The molecule has 2 aliphatic heterocycles. The number of para-hydroxylation sites is 1. The van der Waals surface area contributed by atoms with Gasteiger partial charge in [0, 0.05) is 54.7 Å². The lowest BCUT2D eigenvalue weighted by Gasteiger charge is -2.46. The third-order valence-corrected chi connectivity index (χ3v) is 7.12. The van der Waals surface area contributed by atoms with E-state index in [0.29, 0.717) is 12.5 Å². The first-order valence-corrected chi connectivity index (χ1v) is 11.5. The minimum Gasteiger partial charge on any atom is -0.361 e. The number of H-pyrrole nitrogens is 1. The Bertz CT molecular complexity index is 1100. The molecule has 2 aromatic heterocycles. The van der Waals surface area contributed by atoms with Gasteiger partial charge in [0.2, 0.25) is 11.9 Å². The summed E-state index contributed by atoms with van der Waals surface area (Å²) in [5.41, 5.74) is 4.22. The molecule has 0 aliphatic carbocycles. The molecule has 1 aromatic carbocycles. The van der Waals surface area contributed by atoms with Crippen molar-refractivity contribution in [1.82, 2.24) is 19.9 Å². The van der Waals surface area contributed by atoms with E-state index >= 15 is 0 Å². The van der Waals surface area contributed by atoms with Crippen molar-refractivity contribution in [3.63, 3.8) is 0 Å². The molecule has 6 nitrogen and oxygen atoms in total. The summed E-state index contributed by atoms with van der Waals surface area (Å²) < 4.78 is 0. The first kappa shape index (κ1) is 20.0. The van der Waals surface area contributed by atoms with Gasteiger partial charge in [0.05, 0.1) is 5.41 Å². The highest BCUT2D eigenvalue weighted by atomic mass is 16.2. The molecule has 0 saturated carbocycles. The van der Waals surface area contributed by atoms with Crippen LogP contribution in [0.5, 0.6) is 0 Å². The molecule has 1 spiro atoms. The number of hydrogen-bond acceptors (Lipinski definition) is 4. The fourth-order valence-corrected chi connectivity index (χ4v) is 5.31. The molecule has 0 atom stereocenters. The van der Waals surface area contributed by atoms with Crippen molar-refractivity contribution in [2.24, 2.45) is 5.41 Å². The van der Waals surface area contributed by atoms with Crippen LogP contribution in [0.2, 0.25) is 0 Å². The van der Waals surface area contributed by atoms with Gasteiger partial charge in [-0.1, -0.05) is 25.1 Å². The Balaban J connectivity index is 1.31. The summed E-state index contributed by atoms with van der Waals surface area (Å²) in [6.45, 7) is 7.39. The molecule has 3 aromatic rings. The van der Waals surface area contributed by atoms with Gasteiger partial charge in [-0.3, -0.25) is 4.79 Å². The number of carbonyl (C=O) groups excluding carboxylic acids is 1. The standard InChI is InChI=1S/C25H31N5O/c1-3-20-15-18(2)27-24(28-20)29-13-10-25(11-14-29)9-6-12-30(23(25)31)17-19-16-26-22-8-5-4-7-21(19)22/h4-5,7-8,15-16,26H,3,6,9-14,17H2,1-2H3. The van der Waals surface area contributed by atoms with Gasteiger partial charge in [-0.2, -0.15) is 0 Å². The summed E-state index contributed by atoms with van der Waals surface area (Å²) in [5, 5.41) is 1.22.